The minimum Gasteiger partial charge on any atom is -0.493 e. The summed E-state index contributed by atoms with van der Waals surface area (Å²) in [5, 5.41) is 0.604. The van der Waals surface area contributed by atoms with Crippen LogP contribution in [0.25, 0.3) is 0 Å². The molecule has 0 saturated heterocycles. The number of hydrogen-bond acceptors (Lipinski definition) is 4. The summed E-state index contributed by atoms with van der Waals surface area (Å²) in [5.41, 5.74) is 3.37. The third-order valence-corrected chi connectivity index (χ3v) is 5.68. The van der Waals surface area contributed by atoms with Gasteiger partial charge in [-0.1, -0.05) is 61.0 Å². The summed E-state index contributed by atoms with van der Waals surface area (Å²) in [6, 6.07) is 22.5. The quantitative estimate of drug-likeness (QED) is 0.329. The number of carbonyl (C=O) groups is 2. The van der Waals surface area contributed by atoms with Crippen molar-refractivity contribution >= 4 is 23.5 Å². The normalized spacial score (nSPS) is 10.6. The Hall–Kier alpha value is -3.31. The Kier molecular flexibility index (Phi) is 9.53. The molecule has 0 aliphatic rings. The van der Waals surface area contributed by atoms with Gasteiger partial charge in [-0.15, -0.1) is 0 Å². The molecule has 1 amide bonds. The summed E-state index contributed by atoms with van der Waals surface area (Å²) in [6.07, 6.45) is 1.85. The van der Waals surface area contributed by atoms with Gasteiger partial charge in [-0.25, -0.2) is 4.79 Å². The predicted molar refractivity (Wildman–Crippen MR) is 134 cm³/mol. The average molecular weight is 480 g/mol. The Morgan fingerprint density at radius 1 is 0.941 bits per heavy atom. The van der Waals surface area contributed by atoms with Crippen LogP contribution in [0.15, 0.2) is 72.8 Å². The Bertz CT molecular complexity index is 1080. The fourth-order valence-electron chi connectivity index (χ4n) is 3.59. The maximum absolute atomic E-state index is 13.3. The number of amides is 1. The van der Waals surface area contributed by atoms with E-state index in [1.165, 1.54) is 7.11 Å². The van der Waals surface area contributed by atoms with Gasteiger partial charge in [0.25, 0.3) is 0 Å². The van der Waals surface area contributed by atoms with E-state index in [1.54, 1.807) is 18.2 Å². The lowest BCUT2D eigenvalue weighted by atomic mass is 10.1. The maximum atomic E-state index is 13.3. The first-order valence-corrected chi connectivity index (χ1v) is 11.8. The number of rotatable bonds is 11. The number of benzene rings is 3. The van der Waals surface area contributed by atoms with Crippen LogP contribution in [0.5, 0.6) is 5.75 Å². The molecule has 0 fully saturated rings. The van der Waals surface area contributed by atoms with E-state index in [2.05, 4.69) is 6.92 Å². The van der Waals surface area contributed by atoms with E-state index >= 15 is 0 Å². The zero-order valence-electron chi connectivity index (χ0n) is 19.6. The highest BCUT2D eigenvalue weighted by Crippen LogP contribution is 2.25. The molecule has 0 heterocycles. The van der Waals surface area contributed by atoms with Crippen LogP contribution in [0.1, 0.15) is 40.4 Å². The monoisotopic (exact) mass is 479 g/mol. The van der Waals surface area contributed by atoms with Crippen molar-refractivity contribution in [3.8, 4) is 5.75 Å². The number of halogens is 1. The van der Waals surface area contributed by atoms with Gasteiger partial charge in [0.2, 0.25) is 5.91 Å². The molecule has 0 aromatic heterocycles. The van der Waals surface area contributed by atoms with Gasteiger partial charge in [0.1, 0.15) is 5.75 Å². The van der Waals surface area contributed by atoms with Gasteiger partial charge in [-0.2, -0.15) is 0 Å². The molecule has 0 aliphatic heterocycles. The smallest absolute Gasteiger partial charge is 0.337 e. The van der Waals surface area contributed by atoms with E-state index in [9.17, 15) is 9.59 Å². The Morgan fingerprint density at radius 2 is 1.68 bits per heavy atom. The van der Waals surface area contributed by atoms with Crippen LogP contribution < -0.4 is 4.74 Å². The van der Waals surface area contributed by atoms with Gasteiger partial charge in [0.05, 0.1) is 25.7 Å². The second-order valence-corrected chi connectivity index (χ2v) is 8.45. The number of carbonyl (C=O) groups excluding carboxylic acids is 2. The molecule has 178 valence electrons. The van der Waals surface area contributed by atoms with Crippen molar-refractivity contribution in [2.75, 3.05) is 20.3 Å². The molecule has 0 atom stereocenters. The predicted octanol–water partition coefficient (Wildman–Crippen LogP) is 5.73. The highest BCUT2D eigenvalue weighted by atomic mass is 35.5. The Balaban J connectivity index is 1.79. The lowest BCUT2D eigenvalue weighted by molar-refractivity contribution is -0.131. The molecule has 3 aromatic rings. The van der Waals surface area contributed by atoms with E-state index in [0.717, 1.165) is 28.9 Å². The standard InChI is InChI=1S/C28H30ClNO4/c1-3-17-34-26-14-13-25(29)19-24(26)20-30(27(31)18-22-7-5-4-6-8-22)16-15-21-9-11-23(12-10-21)28(32)33-2/h4-14,19H,3,15-18,20H2,1-2H3. The van der Waals surface area contributed by atoms with Crippen LogP contribution in [0.3, 0.4) is 0 Å². The minimum atomic E-state index is -0.369. The number of nitrogens with zero attached hydrogens (tertiary/aromatic N) is 1. The van der Waals surface area contributed by atoms with Crippen molar-refractivity contribution in [1.82, 2.24) is 4.90 Å². The van der Waals surface area contributed by atoms with Crippen molar-refractivity contribution in [1.29, 1.82) is 0 Å². The first-order valence-electron chi connectivity index (χ1n) is 11.4. The van der Waals surface area contributed by atoms with Crippen LogP contribution in [0, 0.1) is 0 Å². The zero-order chi connectivity index (χ0) is 24.3. The second-order valence-electron chi connectivity index (χ2n) is 8.02. The summed E-state index contributed by atoms with van der Waals surface area (Å²) in [4.78, 5) is 26.9. The molecule has 3 aromatic carbocycles. The molecule has 6 heteroatoms. The van der Waals surface area contributed by atoms with E-state index in [4.69, 9.17) is 21.1 Å². The Morgan fingerprint density at radius 3 is 2.35 bits per heavy atom. The molecule has 0 unspecified atom stereocenters. The molecule has 0 spiro atoms. The molecule has 0 aliphatic carbocycles. The lowest BCUT2D eigenvalue weighted by Gasteiger charge is -2.24. The van der Waals surface area contributed by atoms with Crippen molar-refractivity contribution < 1.29 is 19.1 Å². The number of esters is 1. The highest BCUT2D eigenvalue weighted by molar-refractivity contribution is 6.30. The number of hydrogen-bond donors (Lipinski definition) is 0. The van der Waals surface area contributed by atoms with Gasteiger partial charge in [-0.05, 0) is 54.3 Å². The lowest BCUT2D eigenvalue weighted by Crippen LogP contribution is -2.34. The summed E-state index contributed by atoms with van der Waals surface area (Å²) < 4.78 is 10.7. The molecule has 0 radical (unpaired) electrons. The third kappa shape index (κ3) is 7.35. The van der Waals surface area contributed by atoms with Crippen molar-refractivity contribution in [2.24, 2.45) is 0 Å². The average Bonchev–Trinajstić information content (AvgIpc) is 2.86. The van der Waals surface area contributed by atoms with Crippen molar-refractivity contribution in [3.63, 3.8) is 0 Å². The van der Waals surface area contributed by atoms with Gasteiger partial charge in [-0.3, -0.25) is 4.79 Å². The zero-order valence-corrected chi connectivity index (χ0v) is 20.4. The van der Waals surface area contributed by atoms with Crippen LogP contribution in [0.2, 0.25) is 5.02 Å². The molecule has 0 bridgehead atoms. The van der Waals surface area contributed by atoms with Crippen molar-refractivity contribution in [3.05, 3.63) is 100 Å². The van der Waals surface area contributed by atoms with Crippen LogP contribution in [-0.4, -0.2) is 37.0 Å². The molecule has 0 N–H and O–H groups in total. The summed E-state index contributed by atoms with van der Waals surface area (Å²) in [6.45, 7) is 3.56. The molecule has 3 rings (SSSR count). The maximum Gasteiger partial charge on any atom is 0.337 e. The fraction of sp³-hybridized carbons (Fsp3) is 0.286. The number of ether oxygens (including phenoxy) is 2. The molecule has 0 saturated carbocycles. The summed E-state index contributed by atoms with van der Waals surface area (Å²) in [7, 11) is 1.36. The minimum absolute atomic E-state index is 0.0267. The SMILES string of the molecule is CCCOc1ccc(Cl)cc1CN(CCc1ccc(C(=O)OC)cc1)C(=O)Cc1ccccc1. The van der Waals surface area contributed by atoms with Gasteiger partial charge >= 0.3 is 5.97 Å². The first kappa shape index (κ1) is 25.3. The van der Waals surface area contributed by atoms with E-state index < -0.39 is 0 Å². The topological polar surface area (TPSA) is 55.8 Å². The van der Waals surface area contributed by atoms with Gasteiger partial charge < -0.3 is 14.4 Å². The van der Waals surface area contributed by atoms with E-state index in [-0.39, 0.29) is 11.9 Å². The summed E-state index contributed by atoms with van der Waals surface area (Å²) >= 11 is 6.27. The molecule has 34 heavy (non-hydrogen) atoms. The van der Waals surface area contributed by atoms with Gasteiger partial charge in [0.15, 0.2) is 0 Å². The van der Waals surface area contributed by atoms with Crippen LogP contribution in [0.4, 0.5) is 0 Å². The van der Waals surface area contributed by atoms with Crippen molar-refractivity contribution in [2.45, 2.75) is 32.7 Å². The highest BCUT2D eigenvalue weighted by Gasteiger charge is 2.18. The van der Waals surface area contributed by atoms with Crippen LogP contribution >= 0.6 is 11.6 Å². The fourth-order valence-corrected chi connectivity index (χ4v) is 3.79. The summed E-state index contributed by atoms with van der Waals surface area (Å²) in [5.74, 6) is 0.400. The van der Waals surface area contributed by atoms with Gasteiger partial charge in [0, 0.05) is 23.7 Å². The Labute approximate surface area is 206 Å². The molecule has 5 nitrogen and oxygen atoms in total. The molecular weight excluding hydrogens is 450 g/mol. The first-order chi connectivity index (χ1) is 16.5. The van der Waals surface area contributed by atoms with E-state index in [0.29, 0.717) is 43.1 Å². The van der Waals surface area contributed by atoms with Crippen LogP contribution in [-0.2, 0) is 28.9 Å². The second kappa shape index (κ2) is 12.8. The number of methoxy groups -OCH3 is 1. The largest absolute Gasteiger partial charge is 0.493 e. The molecular formula is C28H30ClNO4. The van der Waals surface area contributed by atoms with E-state index in [1.807, 2.05) is 59.5 Å². The third-order valence-electron chi connectivity index (χ3n) is 5.44.